The van der Waals surface area contributed by atoms with E-state index in [9.17, 15) is 9.59 Å². The standard InChI is InChI=1S/C45H82N4O3/c1-7-35(33(2)3)17-16-34(4)39-20-21-40-38-19-18-36-32-37(22-24-44(36,5)41(38)23-25-45(39,40)6)52-43(51)15-9-8-14-42(50)49(31-13-27-47)30-11-10-28-48-29-12-26-46/h18,33-35,37-41,48H,7-17,19-32,46-47H2,1-6H3/t34-,35-,37?,38?,39?,40?,41?,44?,45?/m1/s1. The van der Waals surface area contributed by atoms with Crippen LogP contribution in [0.3, 0.4) is 0 Å². The van der Waals surface area contributed by atoms with E-state index in [1.165, 1.54) is 51.4 Å². The zero-order chi connectivity index (χ0) is 37.7. The SMILES string of the molecule is CC[C@H](CC[C@@H](C)C1CCC2C3CC=C4CC(OC(=O)CCCCC(=O)N(CCCN)CCCCNCCCN)CCC4(C)C3CCC21C)C(C)C. The molecule has 4 aliphatic rings. The van der Waals surface area contributed by atoms with Gasteiger partial charge < -0.3 is 26.4 Å². The van der Waals surface area contributed by atoms with Gasteiger partial charge in [-0.15, -0.1) is 0 Å². The molecular weight excluding hydrogens is 645 g/mol. The Kier molecular flexibility index (Phi) is 17.5. The Morgan fingerprint density at radius 1 is 0.885 bits per heavy atom. The number of ether oxygens (including phenoxy) is 1. The first-order valence-electron chi connectivity index (χ1n) is 22.3. The molecule has 7 nitrogen and oxygen atoms in total. The molecule has 0 bridgehead atoms. The van der Waals surface area contributed by atoms with Crippen LogP contribution in [0.2, 0.25) is 0 Å². The first-order chi connectivity index (χ1) is 25.0. The van der Waals surface area contributed by atoms with Crippen LogP contribution in [0.25, 0.3) is 0 Å². The Balaban J connectivity index is 1.20. The quantitative estimate of drug-likeness (QED) is 0.0551. The van der Waals surface area contributed by atoms with Gasteiger partial charge in [0.15, 0.2) is 0 Å². The highest BCUT2D eigenvalue weighted by atomic mass is 16.5. The van der Waals surface area contributed by atoms with Gasteiger partial charge >= 0.3 is 5.97 Å². The number of nitrogens with two attached hydrogens (primary N) is 2. The summed E-state index contributed by atoms with van der Waals surface area (Å²) in [5.74, 6) is 5.95. The zero-order valence-electron chi connectivity index (χ0n) is 34.7. The average Bonchev–Trinajstić information content (AvgIpc) is 3.48. The molecule has 7 unspecified atom stereocenters. The molecule has 0 aliphatic heterocycles. The van der Waals surface area contributed by atoms with Crippen LogP contribution in [0, 0.1) is 52.3 Å². The van der Waals surface area contributed by atoms with Gasteiger partial charge in [-0.25, -0.2) is 0 Å². The molecule has 0 spiro atoms. The van der Waals surface area contributed by atoms with Gasteiger partial charge in [-0.3, -0.25) is 9.59 Å². The lowest BCUT2D eigenvalue weighted by molar-refractivity contribution is -0.151. The predicted molar refractivity (Wildman–Crippen MR) is 217 cm³/mol. The second-order valence-corrected chi connectivity index (χ2v) is 18.6. The van der Waals surface area contributed by atoms with Crippen molar-refractivity contribution in [3.63, 3.8) is 0 Å². The van der Waals surface area contributed by atoms with E-state index in [0.29, 0.717) is 44.3 Å². The van der Waals surface area contributed by atoms with Gasteiger partial charge in [-0.1, -0.05) is 66.0 Å². The van der Waals surface area contributed by atoms with Crippen molar-refractivity contribution >= 4 is 11.9 Å². The number of hydrogen-bond acceptors (Lipinski definition) is 6. The van der Waals surface area contributed by atoms with Crippen molar-refractivity contribution in [1.82, 2.24) is 10.2 Å². The second kappa shape index (κ2) is 21.0. The van der Waals surface area contributed by atoms with Gasteiger partial charge in [0.25, 0.3) is 0 Å². The maximum Gasteiger partial charge on any atom is 0.306 e. The molecule has 0 aromatic heterocycles. The number of allylic oxidation sites excluding steroid dienone is 1. The van der Waals surface area contributed by atoms with E-state index in [-0.39, 0.29) is 23.4 Å². The molecule has 52 heavy (non-hydrogen) atoms. The summed E-state index contributed by atoms with van der Waals surface area (Å²) < 4.78 is 6.12. The van der Waals surface area contributed by atoms with Gasteiger partial charge in [-0.2, -0.15) is 0 Å². The van der Waals surface area contributed by atoms with Gasteiger partial charge in [0.05, 0.1) is 0 Å². The summed E-state index contributed by atoms with van der Waals surface area (Å²) in [6.45, 7) is 19.8. The number of carbonyl (C=O) groups excluding carboxylic acids is 2. The van der Waals surface area contributed by atoms with Crippen LogP contribution in [-0.4, -0.2) is 62.1 Å². The average molecular weight is 727 g/mol. The number of unbranched alkanes of at least 4 members (excludes halogenated alkanes) is 2. The number of carbonyl (C=O) groups is 2. The van der Waals surface area contributed by atoms with Crippen molar-refractivity contribution < 1.29 is 14.3 Å². The molecule has 0 aromatic rings. The number of amides is 1. The molecule has 7 heteroatoms. The molecule has 3 saturated carbocycles. The minimum Gasteiger partial charge on any atom is -0.462 e. The lowest BCUT2D eigenvalue weighted by atomic mass is 9.47. The molecule has 0 heterocycles. The van der Waals surface area contributed by atoms with Crippen molar-refractivity contribution in [3.05, 3.63) is 11.6 Å². The molecule has 0 aromatic carbocycles. The minimum atomic E-state index is -0.0873. The molecule has 1 amide bonds. The molecule has 3 fully saturated rings. The maximum absolute atomic E-state index is 13.0. The van der Waals surface area contributed by atoms with Crippen LogP contribution >= 0.6 is 0 Å². The van der Waals surface area contributed by atoms with Crippen LogP contribution in [-0.2, 0) is 14.3 Å². The van der Waals surface area contributed by atoms with E-state index >= 15 is 0 Å². The van der Waals surface area contributed by atoms with Crippen LogP contribution in [0.1, 0.15) is 164 Å². The summed E-state index contributed by atoms with van der Waals surface area (Å²) >= 11 is 0. The molecule has 5 N–H and O–H groups in total. The summed E-state index contributed by atoms with van der Waals surface area (Å²) in [7, 11) is 0. The Labute approximate surface area is 320 Å². The van der Waals surface area contributed by atoms with E-state index in [1.807, 2.05) is 4.90 Å². The van der Waals surface area contributed by atoms with Crippen molar-refractivity contribution in [2.75, 3.05) is 39.3 Å². The zero-order valence-corrected chi connectivity index (χ0v) is 34.7. The summed E-state index contributed by atoms with van der Waals surface area (Å²) in [5, 5.41) is 3.41. The lowest BCUT2D eigenvalue weighted by Crippen LogP contribution is -2.51. The van der Waals surface area contributed by atoms with Gasteiger partial charge in [-0.05, 0) is 168 Å². The van der Waals surface area contributed by atoms with Crippen LogP contribution in [0.15, 0.2) is 11.6 Å². The maximum atomic E-state index is 13.0. The highest BCUT2D eigenvalue weighted by Crippen LogP contribution is 2.67. The fraction of sp³-hybridized carbons (Fsp3) is 0.911. The highest BCUT2D eigenvalue weighted by Gasteiger charge is 2.59. The lowest BCUT2D eigenvalue weighted by Gasteiger charge is -2.58. The Hall–Kier alpha value is -1.44. The molecule has 9 atom stereocenters. The summed E-state index contributed by atoms with van der Waals surface area (Å²) in [4.78, 5) is 28.0. The second-order valence-electron chi connectivity index (χ2n) is 18.6. The highest BCUT2D eigenvalue weighted by molar-refractivity contribution is 5.76. The smallest absolute Gasteiger partial charge is 0.306 e. The molecule has 4 rings (SSSR count). The summed E-state index contributed by atoms with van der Waals surface area (Å²) in [5.41, 5.74) is 13.7. The largest absolute Gasteiger partial charge is 0.462 e. The van der Waals surface area contributed by atoms with E-state index in [2.05, 4.69) is 52.9 Å². The van der Waals surface area contributed by atoms with E-state index in [4.69, 9.17) is 16.2 Å². The third kappa shape index (κ3) is 11.1. The van der Waals surface area contributed by atoms with Crippen molar-refractivity contribution in [3.8, 4) is 0 Å². The fourth-order valence-corrected chi connectivity index (χ4v) is 11.9. The molecule has 0 radical (unpaired) electrons. The van der Waals surface area contributed by atoms with E-state index in [0.717, 1.165) is 112 Å². The van der Waals surface area contributed by atoms with Gasteiger partial charge in [0.2, 0.25) is 5.91 Å². The molecule has 0 saturated heterocycles. The number of esters is 1. The third-order valence-electron chi connectivity index (χ3n) is 15.2. The Morgan fingerprint density at radius 2 is 1.62 bits per heavy atom. The Morgan fingerprint density at radius 3 is 2.35 bits per heavy atom. The van der Waals surface area contributed by atoms with E-state index < -0.39 is 0 Å². The van der Waals surface area contributed by atoms with Crippen LogP contribution in [0.5, 0.6) is 0 Å². The number of hydrogen-bond donors (Lipinski definition) is 3. The summed E-state index contributed by atoms with van der Waals surface area (Å²) in [6.07, 6.45) is 22.8. The molecule has 300 valence electrons. The van der Waals surface area contributed by atoms with Crippen LogP contribution < -0.4 is 16.8 Å². The van der Waals surface area contributed by atoms with Crippen LogP contribution in [0.4, 0.5) is 0 Å². The van der Waals surface area contributed by atoms with Crippen molar-refractivity contribution in [2.45, 2.75) is 170 Å². The molecule has 4 aliphatic carbocycles. The number of nitrogens with one attached hydrogen (secondary N) is 1. The number of fused-ring (bicyclic) bond motifs is 5. The first-order valence-corrected chi connectivity index (χ1v) is 22.3. The predicted octanol–water partition coefficient (Wildman–Crippen LogP) is 9.03. The topological polar surface area (TPSA) is 111 Å². The van der Waals surface area contributed by atoms with Crippen molar-refractivity contribution in [2.24, 2.45) is 63.7 Å². The first kappa shape index (κ1) is 43.3. The monoisotopic (exact) mass is 727 g/mol. The number of rotatable bonds is 23. The third-order valence-corrected chi connectivity index (χ3v) is 15.2. The van der Waals surface area contributed by atoms with Crippen molar-refractivity contribution in [1.29, 1.82) is 0 Å². The minimum absolute atomic E-state index is 0.00455. The summed E-state index contributed by atoms with van der Waals surface area (Å²) in [6, 6.07) is 0. The normalized spacial score (nSPS) is 30.9. The van der Waals surface area contributed by atoms with Gasteiger partial charge in [0.1, 0.15) is 6.10 Å². The molecular formula is C45H82N4O3. The number of nitrogens with zero attached hydrogens (tertiary/aromatic N) is 1. The van der Waals surface area contributed by atoms with E-state index in [1.54, 1.807) is 5.57 Å². The Bertz CT molecular complexity index is 1130. The van der Waals surface area contributed by atoms with Gasteiger partial charge in [0, 0.05) is 32.4 Å². The fourth-order valence-electron chi connectivity index (χ4n) is 11.9.